The van der Waals surface area contributed by atoms with Crippen LogP contribution in [0.15, 0.2) is 0 Å². The highest BCUT2D eigenvalue weighted by atomic mass is 16.5. The van der Waals surface area contributed by atoms with Crippen LogP contribution in [0.5, 0.6) is 0 Å². The van der Waals surface area contributed by atoms with Crippen LogP contribution in [0.2, 0.25) is 0 Å². The van der Waals surface area contributed by atoms with E-state index in [4.69, 9.17) is 15.6 Å². The minimum absolute atomic E-state index is 0.0501. The van der Waals surface area contributed by atoms with Gasteiger partial charge in [-0.15, -0.1) is 0 Å². The average Bonchev–Trinajstić information content (AvgIpc) is 2.43. The van der Waals surface area contributed by atoms with Gasteiger partial charge in [0, 0.05) is 31.1 Å². The van der Waals surface area contributed by atoms with Crippen molar-refractivity contribution in [3.63, 3.8) is 0 Å². The Hall–Kier alpha value is -0.650. The molecule has 2 fully saturated rings. The molecule has 1 saturated carbocycles. The standard InChI is InChI=1S/C14H26N2O3/c1-9(8-17)7-16-12(18)14(15)10-5-4-6-19-11(10)13(14,2)3/h9-11,17H,4-8,15H2,1-3H3,(H,16,18). The molecule has 2 rings (SSSR count). The summed E-state index contributed by atoms with van der Waals surface area (Å²) in [6.07, 6.45) is 2.01. The average molecular weight is 270 g/mol. The SMILES string of the molecule is CC(CO)CNC(=O)C1(N)C2CCCOC2C1(C)C. The Morgan fingerprint density at radius 1 is 1.58 bits per heavy atom. The molecule has 0 aromatic rings. The molecule has 4 N–H and O–H groups in total. The van der Waals surface area contributed by atoms with Gasteiger partial charge in [0.05, 0.1) is 6.10 Å². The number of aliphatic hydroxyl groups excluding tert-OH is 1. The van der Waals surface area contributed by atoms with Crippen LogP contribution in [-0.4, -0.2) is 42.4 Å². The molecule has 1 aliphatic heterocycles. The maximum Gasteiger partial charge on any atom is 0.241 e. The first-order chi connectivity index (χ1) is 8.85. The molecule has 0 spiro atoms. The topological polar surface area (TPSA) is 84.6 Å². The Balaban J connectivity index is 2.06. The highest BCUT2D eigenvalue weighted by molar-refractivity contribution is 5.89. The van der Waals surface area contributed by atoms with Gasteiger partial charge in [0.2, 0.25) is 5.91 Å². The summed E-state index contributed by atoms with van der Waals surface area (Å²) < 4.78 is 5.78. The molecular weight excluding hydrogens is 244 g/mol. The van der Waals surface area contributed by atoms with E-state index in [1.165, 1.54) is 0 Å². The maximum atomic E-state index is 12.5. The summed E-state index contributed by atoms with van der Waals surface area (Å²) in [5.41, 5.74) is 5.26. The Kier molecular flexibility index (Phi) is 3.91. The van der Waals surface area contributed by atoms with Crippen LogP contribution in [0.1, 0.15) is 33.6 Å². The van der Waals surface area contributed by atoms with E-state index in [0.717, 1.165) is 19.4 Å². The fourth-order valence-electron chi connectivity index (χ4n) is 3.51. The van der Waals surface area contributed by atoms with Gasteiger partial charge in [-0.05, 0) is 18.8 Å². The molecule has 1 heterocycles. The summed E-state index contributed by atoms with van der Waals surface area (Å²) >= 11 is 0. The van der Waals surface area contributed by atoms with Crippen molar-refractivity contribution in [2.75, 3.05) is 19.8 Å². The van der Waals surface area contributed by atoms with Gasteiger partial charge in [-0.2, -0.15) is 0 Å². The normalized spacial score (nSPS) is 37.9. The van der Waals surface area contributed by atoms with Crippen LogP contribution >= 0.6 is 0 Å². The summed E-state index contributed by atoms with van der Waals surface area (Å²) in [6.45, 7) is 7.20. The van der Waals surface area contributed by atoms with Crippen LogP contribution in [0.3, 0.4) is 0 Å². The van der Waals surface area contributed by atoms with Crippen LogP contribution in [0.4, 0.5) is 0 Å². The van der Waals surface area contributed by atoms with E-state index in [1.807, 2.05) is 20.8 Å². The van der Waals surface area contributed by atoms with Crippen molar-refractivity contribution >= 4 is 5.91 Å². The van der Waals surface area contributed by atoms with Crippen LogP contribution < -0.4 is 11.1 Å². The van der Waals surface area contributed by atoms with Crippen molar-refractivity contribution in [2.24, 2.45) is 23.0 Å². The third-order valence-electron chi connectivity index (χ3n) is 4.98. The number of hydrogen-bond donors (Lipinski definition) is 3. The van der Waals surface area contributed by atoms with Gasteiger partial charge in [0.1, 0.15) is 5.54 Å². The summed E-state index contributed by atoms with van der Waals surface area (Å²) in [5.74, 6) is 0.0550. The lowest BCUT2D eigenvalue weighted by Gasteiger charge is -2.65. The lowest BCUT2D eigenvalue weighted by Crippen LogP contribution is -2.82. The van der Waals surface area contributed by atoms with E-state index in [0.29, 0.717) is 6.54 Å². The Bertz CT molecular complexity index is 359. The second-order valence-electron chi connectivity index (χ2n) is 6.63. The zero-order valence-corrected chi connectivity index (χ0v) is 12.1. The fraction of sp³-hybridized carbons (Fsp3) is 0.929. The van der Waals surface area contributed by atoms with E-state index in [9.17, 15) is 4.79 Å². The zero-order chi connectivity index (χ0) is 14.3. The fourth-order valence-corrected chi connectivity index (χ4v) is 3.51. The van der Waals surface area contributed by atoms with E-state index in [2.05, 4.69) is 5.32 Å². The van der Waals surface area contributed by atoms with Crippen molar-refractivity contribution in [3.05, 3.63) is 0 Å². The molecule has 1 amide bonds. The first kappa shape index (κ1) is 14.8. The van der Waals surface area contributed by atoms with E-state index in [-0.39, 0.29) is 35.9 Å². The zero-order valence-electron chi connectivity index (χ0n) is 12.1. The van der Waals surface area contributed by atoms with E-state index >= 15 is 0 Å². The van der Waals surface area contributed by atoms with Crippen LogP contribution in [0, 0.1) is 17.3 Å². The van der Waals surface area contributed by atoms with Gasteiger partial charge in [0.15, 0.2) is 0 Å². The van der Waals surface area contributed by atoms with Gasteiger partial charge in [-0.3, -0.25) is 4.79 Å². The molecule has 5 nitrogen and oxygen atoms in total. The number of carbonyl (C=O) groups is 1. The van der Waals surface area contributed by atoms with Gasteiger partial charge in [-0.25, -0.2) is 0 Å². The molecule has 0 aromatic heterocycles. The minimum Gasteiger partial charge on any atom is -0.396 e. The minimum atomic E-state index is -0.854. The maximum absolute atomic E-state index is 12.5. The number of aliphatic hydroxyl groups is 1. The Morgan fingerprint density at radius 3 is 2.89 bits per heavy atom. The third-order valence-corrected chi connectivity index (χ3v) is 4.98. The molecule has 0 aromatic carbocycles. The summed E-state index contributed by atoms with van der Waals surface area (Å²) in [7, 11) is 0. The molecule has 0 radical (unpaired) electrons. The van der Waals surface area contributed by atoms with Crippen LogP contribution in [0.25, 0.3) is 0 Å². The smallest absolute Gasteiger partial charge is 0.241 e. The summed E-state index contributed by atoms with van der Waals surface area (Å²) in [6, 6.07) is 0. The number of amides is 1. The number of fused-ring (bicyclic) bond motifs is 1. The van der Waals surface area contributed by atoms with Gasteiger partial charge in [-0.1, -0.05) is 20.8 Å². The number of nitrogens with one attached hydrogen (secondary N) is 1. The molecule has 0 bridgehead atoms. The van der Waals surface area contributed by atoms with Crippen molar-refractivity contribution in [1.29, 1.82) is 0 Å². The van der Waals surface area contributed by atoms with Gasteiger partial charge in [0.25, 0.3) is 0 Å². The molecule has 4 unspecified atom stereocenters. The van der Waals surface area contributed by atoms with Gasteiger partial charge >= 0.3 is 0 Å². The Labute approximate surface area is 114 Å². The number of carbonyl (C=O) groups excluding carboxylic acids is 1. The first-order valence-electron chi connectivity index (χ1n) is 7.15. The highest BCUT2D eigenvalue weighted by Gasteiger charge is 2.70. The quantitative estimate of drug-likeness (QED) is 0.684. The van der Waals surface area contributed by atoms with Crippen molar-refractivity contribution < 1.29 is 14.6 Å². The lowest BCUT2D eigenvalue weighted by molar-refractivity contribution is -0.225. The largest absolute Gasteiger partial charge is 0.396 e. The molecule has 1 aliphatic carbocycles. The first-order valence-corrected chi connectivity index (χ1v) is 7.15. The van der Waals surface area contributed by atoms with E-state index < -0.39 is 5.54 Å². The Morgan fingerprint density at radius 2 is 2.26 bits per heavy atom. The number of nitrogens with two attached hydrogens (primary N) is 1. The number of hydrogen-bond acceptors (Lipinski definition) is 4. The molecular formula is C14H26N2O3. The van der Waals surface area contributed by atoms with Crippen molar-refractivity contribution in [1.82, 2.24) is 5.32 Å². The summed E-state index contributed by atoms with van der Waals surface area (Å²) in [4.78, 5) is 12.5. The van der Waals surface area contributed by atoms with Crippen molar-refractivity contribution in [2.45, 2.75) is 45.3 Å². The molecule has 5 heteroatoms. The predicted molar refractivity (Wildman–Crippen MR) is 72.4 cm³/mol. The molecule has 110 valence electrons. The molecule has 1 saturated heterocycles. The lowest BCUT2D eigenvalue weighted by atomic mass is 9.46. The number of ether oxygens (including phenoxy) is 1. The highest BCUT2D eigenvalue weighted by Crippen LogP contribution is 2.57. The molecule has 4 atom stereocenters. The second-order valence-corrected chi connectivity index (χ2v) is 6.63. The van der Waals surface area contributed by atoms with Crippen LogP contribution in [-0.2, 0) is 9.53 Å². The third kappa shape index (κ3) is 2.08. The summed E-state index contributed by atoms with van der Waals surface area (Å²) in [5, 5.41) is 11.9. The second kappa shape index (κ2) is 5.04. The predicted octanol–water partition coefficient (Wildman–Crippen LogP) is 0.264. The monoisotopic (exact) mass is 270 g/mol. The number of rotatable bonds is 4. The van der Waals surface area contributed by atoms with E-state index in [1.54, 1.807) is 0 Å². The molecule has 19 heavy (non-hydrogen) atoms. The van der Waals surface area contributed by atoms with Gasteiger partial charge < -0.3 is 20.9 Å². The molecule has 2 aliphatic rings. The van der Waals surface area contributed by atoms with Crippen molar-refractivity contribution in [3.8, 4) is 0 Å².